The van der Waals surface area contributed by atoms with Gasteiger partial charge in [-0.1, -0.05) is 15.9 Å². The van der Waals surface area contributed by atoms with E-state index in [-0.39, 0.29) is 12.0 Å². The molecule has 0 aliphatic carbocycles. The number of benzene rings is 1. The summed E-state index contributed by atoms with van der Waals surface area (Å²) in [5, 5.41) is 0.836. The van der Waals surface area contributed by atoms with Gasteiger partial charge in [0.25, 0.3) is 5.56 Å². The van der Waals surface area contributed by atoms with E-state index in [0.717, 1.165) is 22.4 Å². The molecule has 0 saturated carbocycles. The highest BCUT2D eigenvalue weighted by Gasteiger charge is 2.35. The van der Waals surface area contributed by atoms with E-state index in [2.05, 4.69) is 15.9 Å². The molecule has 0 saturated heterocycles. The van der Waals surface area contributed by atoms with Gasteiger partial charge in [0.05, 0.1) is 17.5 Å². The second-order valence-electron chi connectivity index (χ2n) is 6.41. The molecule has 1 heterocycles. The summed E-state index contributed by atoms with van der Waals surface area (Å²) in [5.74, 6) is -1.28. The zero-order valence-corrected chi connectivity index (χ0v) is 16.6. The molecular weight excluding hydrogens is 407 g/mol. The predicted octanol–water partition coefficient (Wildman–Crippen LogP) is 2.78. The van der Waals surface area contributed by atoms with Crippen molar-refractivity contribution in [1.82, 2.24) is 9.13 Å². The Morgan fingerprint density at radius 1 is 1.27 bits per heavy atom. The monoisotopic (exact) mass is 428 g/mol. The molecule has 0 aliphatic heterocycles. The van der Waals surface area contributed by atoms with Crippen LogP contribution in [0.3, 0.4) is 0 Å². The molecule has 0 N–H and O–H groups in total. The van der Waals surface area contributed by atoms with Gasteiger partial charge in [-0.25, -0.2) is 18.5 Å². The molecule has 0 radical (unpaired) electrons. The van der Waals surface area contributed by atoms with E-state index in [1.165, 1.54) is 30.5 Å². The Balaban J connectivity index is 2.80. The topological polar surface area (TPSA) is 70.3 Å². The smallest absolute Gasteiger partial charge is 0.332 e. The summed E-state index contributed by atoms with van der Waals surface area (Å²) >= 11 is 3.34. The van der Waals surface area contributed by atoms with Crippen molar-refractivity contribution >= 4 is 32.8 Å². The molecular formula is C18H22BrFN2O4. The van der Waals surface area contributed by atoms with Crippen LogP contribution in [0.5, 0.6) is 0 Å². The third-order valence-electron chi connectivity index (χ3n) is 4.20. The van der Waals surface area contributed by atoms with Crippen LogP contribution in [0.15, 0.2) is 27.8 Å². The number of halogens is 2. The number of carbonyl (C=O) groups excluding carboxylic acids is 1. The van der Waals surface area contributed by atoms with Gasteiger partial charge in [-0.05, 0) is 51.8 Å². The maximum atomic E-state index is 13.7. The van der Waals surface area contributed by atoms with Crippen molar-refractivity contribution in [2.24, 2.45) is 0 Å². The van der Waals surface area contributed by atoms with Gasteiger partial charge in [0.15, 0.2) is 0 Å². The first-order chi connectivity index (χ1) is 12.3. The molecule has 0 unspecified atom stereocenters. The Hall–Kier alpha value is -1.96. The normalized spacial score (nSPS) is 11.7. The molecule has 1 aromatic heterocycles. The summed E-state index contributed by atoms with van der Waals surface area (Å²) < 4.78 is 21.0. The number of hydrogen-bond acceptors (Lipinski definition) is 4. The summed E-state index contributed by atoms with van der Waals surface area (Å²) in [5.41, 5.74) is -2.48. The van der Waals surface area contributed by atoms with Crippen LogP contribution in [0.25, 0.3) is 10.9 Å². The van der Waals surface area contributed by atoms with Gasteiger partial charge in [-0.3, -0.25) is 9.36 Å². The molecule has 0 spiro atoms. The maximum absolute atomic E-state index is 13.7. The van der Waals surface area contributed by atoms with E-state index in [9.17, 15) is 18.8 Å². The standard InChI is InChI=1S/C18H22BrFN2O4/c1-4-26-16(24)18(2,3)22-15(23)13-11-12(20)7-8-14(13)21(17(22)25)10-6-5-9-19/h7-8,11H,4-6,9-10H2,1-3H3. The highest BCUT2D eigenvalue weighted by Crippen LogP contribution is 2.17. The summed E-state index contributed by atoms with van der Waals surface area (Å²) in [6.45, 7) is 5.01. The van der Waals surface area contributed by atoms with Gasteiger partial charge >= 0.3 is 11.7 Å². The maximum Gasteiger partial charge on any atom is 0.332 e. The highest BCUT2D eigenvalue weighted by molar-refractivity contribution is 9.09. The van der Waals surface area contributed by atoms with Crippen molar-refractivity contribution in [2.75, 3.05) is 11.9 Å². The van der Waals surface area contributed by atoms with Gasteiger partial charge in [0, 0.05) is 11.9 Å². The van der Waals surface area contributed by atoms with Crippen molar-refractivity contribution < 1.29 is 13.9 Å². The Morgan fingerprint density at radius 2 is 1.96 bits per heavy atom. The summed E-state index contributed by atoms with van der Waals surface area (Å²) in [4.78, 5) is 38.3. The second-order valence-corrected chi connectivity index (χ2v) is 7.20. The number of esters is 1. The molecule has 0 fully saturated rings. The molecule has 0 amide bonds. The van der Waals surface area contributed by atoms with Crippen LogP contribution in [0.4, 0.5) is 4.39 Å². The molecule has 0 bridgehead atoms. The molecule has 0 atom stereocenters. The molecule has 142 valence electrons. The number of ether oxygens (including phenoxy) is 1. The Kier molecular flexibility index (Phi) is 6.39. The van der Waals surface area contributed by atoms with Crippen LogP contribution < -0.4 is 11.2 Å². The number of carbonyl (C=O) groups is 1. The number of nitrogens with zero attached hydrogens (tertiary/aromatic N) is 2. The summed E-state index contributed by atoms with van der Waals surface area (Å²) in [6.07, 6.45) is 1.52. The Bertz CT molecular complexity index is 933. The number of aromatic nitrogens is 2. The van der Waals surface area contributed by atoms with Crippen LogP contribution in [0.2, 0.25) is 0 Å². The fourth-order valence-electron chi connectivity index (χ4n) is 2.82. The van der Waals surface area contributed by atoms with E-state index >= 15 is 0 Å². The van der Waals surface area contributed by atoms with Gasteiger partial charge in [-0.2, -0.15) is 0 Å². The molecule has 6 nitrogen and oxygen atoms in total. The SMILES string of the molecule is CCOC(=O)C(C)(C)n1c(=O)c2cc(F)ccc2n(CCCCBr)c1=O. The van der Waals surface area contributed by atoms with Crippen LogP contribution in [0.1, 0.15) is 33.6 Å². The van der Waals surface area contributed by atoms with Gasteiger partial charge in [-0.15, -0.1) is 0 Å². The highest BCUT2D eigenvalue weighted by atomic mass is 79.9. The fourth-order valence-corrected chi connectivity index (χ4v) is 3.21. The minimum atomic E-state index is -1.51. The third-order valence-corrected chi connectivity index (χ3v) is 4.77. The molecule has 1 aromatic carbocycles. The molecule has 0 aliphatic rings. The first kappa shape index (κ1) is 20.4. The molecule has 2 aromatic rings. The van der Waals surface area contributed by atoms with Gasteiger partial charge in [0.2, 0.25) is 0 Å². The Morgan fingerprint density at radius 3 is 2.58 bits per heavy atom. The van der Waals surface area contributed by atoms with E-state index in [0.29, 0.717) is 18.5 Å². The quantitative estimate of drug-likeness (QED) is 0.386. The summed E-state index contributed by atoms with van der Waals surface area (Å²) in [6, 6.07) is 3.72. The van der Waals surface area contributed by atoms with E-state index < -0.39 is 28.6 Å². The lowest BCUT2D eigenvalue weighted by Crippen LogP contribution is -2.53. The first-order valence-electron chi connectivity index (χ1n) is 8.44. The van der Waals surface area contributed by atoms with Crippen molar-refractivity contribution in [3.63, 3.8) is 0 Å². The van der Waals surface area contributed by atoms with Crippen LogP contribution in [0, 0.1) is 5.82 Å². The predicted molar refractivity (Wildman–Crippen MR) is 101 cm³/mol. The van der Waals surface area contributed by atoms with Crippen molar-refractivity contribution in [3.8, 4) is 0 Å². The van der Waals surface area contributed by atoms with Crippen molar-refractivity contribution in [2.45, 2.75) is 45.7 Å². The number of aryl methyl sites for hydroxylation is 1. The third kappa shape index (κ3) is 3.75. The van der Waals surface area contributed by atoms with Crippen molar-refractivity contribution in [1.29, 1.82) is 0 Å². The molecule has 26 heavy (non-hydrogen) atoms. The lowest BCUT2D eigenvalue weighted by Gasteiger charge is -2.26. The lowest BCUT2D eigenvalue weighted by atomic mass is 10.1. The minimum Gasteiger partial charge on any atom is -0.464 e. The van der Waals surface area contributed by atoms with E-state index in [1.54, 1.807) is 6.92 Å². The Labute approximate surface area is 158 Å². The van der Waals surface area contributed by atoms with E-state index in [1.807, 2.05) is 0 Å². The lowest BCUT2D eigenvalue weighted by molar-refractivity contribution is -0.152. The fraction of sp³-hybridized carbons (Fsp3) is 0.500. The van der Waals surface area contributed by atoms with Crippen molar-refractivity contribution in [3.05, 3.63) is 44.9 Å². The van der Waals surface area contributed by atoms with Crippen LogP contribution in [-0.2, 0) is 21.6 Å². The number of fused-ring (bicyclic) bond motifs is 1. The second kappa shape index (κ2) is 8.16. The van der Waals surface area contributed by atoms with Gasteiger partial charge in [0.1, 0.15) is 11.4 Å². The number of hydrogen-bond donors (Lipinski definition) is 0. The van der Waals surface area contributed by atoms with Gasteiger partial charge < -0.3 is 4.74 Å². The number of rotatable bonds is 7. The largest absolute Gasteiger partial charge is 0.464 e. The average molecular weight is 429 g/mol. The zero-order chi connectivity index (χ0) is 19.5. The molecule has 8 heteroatoms. The number of unbranched alkanes of at least 4 members (excludes halogenated alkanes) is 1. The van der Waals surface area contributed by atoms with Crippen LogP contribution >= 0.6 is 15.9 Å². The first-order valence-corrected chi connectivity index (χ1v) is 9.56. The number of alkyl halides is 1. The zero-order valence-electron chi connectivity index (χ0n) is 15.1. The minimum absolute atomic E-state index is 0.0563. The molecule has 2 rings (SSSR count). The average Bonchev–Trinajstić information content (AvgIpc) is 2.58. The van der Waals surface area contributed by atoms with Crippen LogP contribution in [-0.4, -0.2) is 27.0 Å². The van der Waals surface area contributed by atoms with E-state index in [4.69, 9.17) is 4.74 Å². The summed E-state index contributed by atoms with van der Waals surface area (Å²) in [7, 11) is 0.